The number of hydrogen-bond acceptors (Lipinski definition) is 7. The second kappa shape index (κ2) is 44.1. The largest absolute Gasteiger partial charge is 0.472 e. The van der Waals surface area contributed by atoms with Crippen LogP contribution in [-0.4, -0.2) is 42.8 Å². The Labute approximate surface area is 352 Å². The lowest BCUT2D eigenvalue weighted by Crippen LogP contribution is -2.29. The van der Waals surface area contributed by atoms with Crippen LogP contribution < -0.4 is 0 Å². The summed E-state index contributed by atoms with van der Waals surface area (Å²) < 4.78 is 32.8. The summed E-state index contributed by atoms with van der Waals surface area (Å²) in [6.07, 6.45) is 49.4. The molecule has 0 aliphatic carbocycles. The van der Waals surface area contributed by atoms with E-state index in [0.29, 0.717) is 12.8 Å². The van der Waals surface area contributed by atoms with Crippen LogP contribution in [0, 0.1) is 0 Å². The van der Waals surface area contributed by atoms with Crippen LogP contribution in [0.4, 0.5) is 0 Å². The van der Waals surface area contributed by atoms with E-state index in [1.54, 1.807) is 6.92 Å². The predicted molar refractivity (Wildman–Crippen MR) is 239 cm³/mol. The van der Waals surface area contributed by atoms with Crippen LogP contribution in [0.3, 0.4) is 0 Å². The topological polar surface area (TPSA) is 108 Å². The van der Waals surface area contributed by atoms with Crippen LogP contribution in [0.2, 0.25) is 0 Å². The highest BCUT2D eigenvalue weighted by atomic mass is 31.2. The molecule has 0 fully saturated rings. The Kier molecular flexibility index (Phi) is 43.0. The third kappa shape index (κ3) is 43.9. The maximum Gasteiger partial charge on any atom is 0.472 e. The SMILES string of the molecule is CCCCC/C=C\C/C=C\CCCCCCCCCCCC(=O)OC(COC(=O)CCCCCCCCCCCCCCCCCCCC)COP(=O)(O)OCC. The summed E-state index contributed by atoms with van der Waals surface area (Å²) in [7, 11) is -4.28. The minimum absolute atomic E-state index is 0.00177. The number of phosphoric acid groups is 1. The second-order valence-corrected chi connectivity index (χ2v) is 17.6. The van der Waals surface area contributed by atoms with Crippen LogP contribution in [-0.2, 0) is 32.7 Å². The highest BCUT2D eigenvalue weighted by molar-refractivity contribution is 7.47. The summed E-state index contributed by atoms with van der Waals surface area (Å²) in [6.45, 7) is 5.49. The minimum Gasteiger partial charge on any atom is -0.462 e. The summed E-state index contributed by atoms with van der Waals surface area (Å²) in [5, 5.41) is 0. The number of ether oxygens (including phenoxy) is 2. The summed E-state index contributed by atoms with van der Waals surface area (Å²) in [5.74, 6) is -0.790. The first kappa shape index (κ1) is 55.5. The molecule has 0 saturated heterocycles. The van der Waals surface area contributed by atoms with Crippen LogP contribution in [0.1, 0.15) is 245 Å². The van der Waals surface area contributed by atoms with E-state index < -0.39 is 26.5 Å². The van der Waals surface area contributed by atoms with Crippen LogP contribution in [0.25, 0.3) is 0 Å². The maximum atomic E-state index is 12.6. The highest BCUT2D eigenvalue weighted by Gasteiger charge is 2.25. The Morgan fingerprint density at radius 2 is 0.842 bits per heavy atom. The smallest absolute Gasteiger partial charge is 0.462 e. The second-order valence-electron chi connectivity index (χ2n) is 16.1. The van der Waals surface area contributed by atoms with Gasteiger partial charge in [-0.2, -0.15) is 0 Å². The molecule has 0 rings (SSSR count). The van der Waals surface area contributed by atoms with Gasteiger partial charge in [0, 0.05) is 12.8 Å². The molecule has 0 saturated carbocycles. The van der Waals surface area contributed by atoms with Crippen molar-refractivity contribution in [1.29, 1.82) is 0 Å². The standard InChI is InChI=1S/C48H91O8P/c1-4-7-9-11-13-15-17-19-21-23-25-27-29-31-33-35-37-39-41-43-48(50)56-46(45-55-57(51,52)54-6-3)44-53-47(49)42-40-38-36-34-32-30-28-26-24-22-20-18-16-14-12-10-8-5-2/h13,15,19,21,46H,4-12,14,16-18,20,22-45H2,1-3H3,(H,51,52)/b15-13-,21-19-. The van der Waals surface area contributed by atoms with E-state index in [1.807, 2.05) is 0 Å². The van der Waals surface area contributed by atoms with E-state index in [9.17, 15) is 19.0 Å². The number of rotatable bonds is 45. The number of allylic oxidation sites excluding steroid dienone is 4. The molecule has 2 unspecified atom stereocenters. The van der Waals surface area contributed by atoms with Gasteiger partial charge >= 0.3 is 19.8 Å². The molecule has 2 atom stereocenters. The average molecular weight is 827 g/mol. The van der Waals surface area contributed by atoms with Gasteiger partial charge in [-0.15, -0.1) is 0 Å². The van der Waals surface area contributed by atoms with Gasteiger partial charge in [0.1, 0.15) is 6.61 Å². The summed E-state index contributed by atoms with van der Waals surface area (Å²) in [5.41, 5.74) is 0. The number of esters is 2. The molecule has 8 nitrogen and oxygen atoms in total. The van der Waals surface area contributed by atoms with Crippen molar-refractivity contribution in [2.75, 3.05) is 19.8 Å². The quantitative estimate of drug-likeness (QED) is 0.0280. The van der Waals surface area contributed by atoms with Crippen molar-refractivity contribution >= 4 is 19.8 Å². The van der Waals surface area contributed by atoms with Crippen molar-refractivity contribution in [2.24, 2.45) is 0 Å². The fraction of sp³-hybridized carbons (Fsp3) is 0.875. The van der Waals surface area contributed by atoms with Gasteiger partial charge in [0.05, 0.1) is 13.2 Å². The molecule has 336 valence electrons. The fourth-order valence-corrected chi connectivity index (χ4v) is 7.71. The van der Waals surface area contributed by atoms with Crippen molar-refractivity contribution in [3.05, 3.63) is 24.3 Å². The van der Waals surface area contributed by atoms with Gasteiger partial charge in [0.25, 0.3) is 0 Å². The third-order valence-electron chi connectivity index (χ3n) is 10.5. The molecule has 0 aromatic carbocycles. The van der Waals surface area contributed by atoms with Gasteiger partial charge in [-0.3, -0.25) is 18.6 Å². The normalized spacial score (nSPS) is 13.4. The zero-order valence-electron chi connectivity index (χ0n) is 37.5. The zero-order chi connectivity index (χ0) is 41.8. The molecule has 0 aliphatic heterocycles. The van der Waals surface area contributed by atoms with Gasteiger partial charge in [-0.25, -0.2) is 4.57 Å². The first-order valence-corrected chi connectivity index (χ1v) is 25.6. The van der Waals surface area contributed by atoms with E-state index in [-0.39, 0.29) is 25.6 Å². The molecular weight excluding hydrogens is 735 g/mol. The van der Waals surface area contributed by atoms with Gasteiger partial charge in [-0.1, -0.05) is 205 Å². The summed E-state index contributed by atoms with van der Waals surface area (Å²) in [4.78, 5) is 34.9. The van der Waals surface area contributed by atoms with Crippen LogP contribution >= 0.6 is 7.82 Å². The molecule has 0 aromatic rings. The monoisotopic (exact) mass is 827 g/mol. The molecule has 0 aromatic heterocycles. The molecule has 0 aliphatic rings. The van der Waals surface area contributed by atoms with E-state index in [0.717, 1.165) is 44.9 Å². The highest BCUT2D eigenvalue weighted by Crippen LogP contribution is 2.43. The van der Waals surface area contributed by atoms with E-state index >= 15 is 0 Å². The van der Waals surface area contributed by atoms with E-state index in [4.69, 9.17) is 18.5 Å². The van der Waals surface area contributed by atoms with Crippen LogP contribution in [0.15, 0.2) is 24.3 Å². The van der Waals surface area contributed by atoms with Crippen LogP contribution in [0.5, 0.6) is 0 Å². The molecule has 0 amide bonds. The van der Waals surface area contributed by atoms with Crippen molar-refractivity contribution in [3.63, 3.8) is 0 Å². The Morgan fingerprint density at radius 3 is 1.28 bits per heavy atom. The Hall–Kier alpha value is -1.47. The summed E-state index contributed by atoms with van der Waals surface area (Å²) in [6, 6.07) is 0. The number of hydrogen-bond donors (Lipinski definition) is 1. The maximum absolute atomic E-state index is 12.6. The molecule has 57 heavy (non-hydrogen) atoms. The Morgan fingerprint density at radius 1 is 0.474 bits per heavy atom. The molecule has 0 heterocycles. The minimum atomic E-state index is -4.28. The number of carbonyl (C=O) groups excluding carboxylic acids is 2. The van der Waals surface area contributed by atoms with Crippen molar-refractivity contribution in [2.45, 2.75) is 252 Å². The molecular formula is C48H91O8P. The molecule has 0 bridgehead atoms. The summed E-state index contributed by atoms with van der Waals surface area (Å²) >= 11 is 0. The van der Waals surface area contributed by atoms with Gasteiger partial charge in [0.2, 0.25) is 0 Å². The first-order valence-electron chi connectivity index (χ1n) is 24.1. The molecule has 0 radical (unpaired) electrons. The van der Waals surface area contributed by atoms with Gasteiger partial charge in [-0.05, 0) is 51.9 Å². The zero-order valence-corrected chi connectivity index (χ0v) is 38.4. The first-order chi connectivity index (χ1) is 27.8. The lowest BCUT2D eigenvalue weighted by molar-refractivity contribution is -0.161. The van der Waals surface area contributed by atoms with Crippen molar-refractivity contribution in [1.82, 2.24) is 0 Å². The number of unbranched alkanes of at least 4 members (excludes halogenated alkanes) is 29. The molecule has 0 spiro atoms. The number of phosphoric ester groups is 1. The van der Waals surface area contributed by atoms with Gasteiger partial charge < -0.3 is 14.4 Å². The van der Waals surface area contributed by atoms with Crippen molar-refractivity contribution in [3.8, 4) is 0 Å². The lowest BCUT2D eigenvalue weighted by Gasteiger charge is -2.19. The van der Waals surface area contributed by atoms with E-state index in [1.165, 1.54) is 161 Å². The molecule has 9 heteroatoms. The average Bonchev–Trinajstić information content (AvgIpc) is 3.19. The van der Waals surface area contributed by atoms with Gasteiger partial charge in [0.15, 0.2) is 6.10 Å². The number of carbonyl (C=O) groups is 2. The van der Waals surface area contributed by atoms with Crippen molar-refractivity contribution < 1.29 is 37.6 Å². The predicted octanol–water partition coefficient (Wildman–Crippen LogP) is 15.4. The lowest BCUT2D eigenvalue weighted by atomic mass is 10.0. The fourth-order valence-electron chi connectivity index (χ4n) is 6.96. The molecule has 1 N–H and O–H groups in total. The third-order valence-corrected chi connectivity index (χ3v) is 11.6. The Balaban J connectivity index is 3.99. The van der Waals surface area contributed by atoms with E-state index in [2.05, 4.69) is 38.2 Å². The Bertz CT molecular complexity index is 983.